The number of hydrogen-bond acceptors (Lipinski definition) is 4. The number of esters is 1. The summed E-state index contributed by atoms with van der Waals surface area (Å²) in [7, 11) is 0. The number of nitrogens with one attached hydrogen (secondary N) is 1. The van der Waals surface area contributed by atoms with Crippen molar-refractivity contribution in [3.63, 3.8) is 0 Å². The maximum Gasteiger partial charge on any atom is 0.360 e. The van der Waals surface area contributed by atoms with Crippen LogP contribution in [0.5, 0.6) is 0 Å². The maximum atomic E-state index is 12.9. The van der Waals surface area contributed by atoms with Crippen LogP contribution >= 0.6 is 0 Å². The summed E-state index contributed by atoms with van der Waals surface area (Å²) in [6, 6.07) is 11.0. The molecule has 0 fully saturated rings. The number of amides is 1. The Labute approximate surface area is 148 Å². The summed E-state index contributed by atoms with van der Waals surface area (Å²) in [6.07, 6.45) is 4.52. The standard InChI is InChI=1S/C19H16FN3O3/c1-2-26-19(25)17-18(23-12-4-3-5-15(23)21-17)22-16(24)11-8-13-6-9-14(20)10-7-13/h3-12H,2H2,1H3,(H,22,24)/b11-8+. The molecule has 6 nitrogen and oxygen atoms in total. The number of halogens is 1. The van der Waals surface area contributed by atoms with Gasteiger partial charge in [-0.25, -0.2) is 14.2 Å². The fourth-order valence-electron chi connectivity index (χ4n) is 2.36. The number of ether oxygens (including phenoxy) is 1. The van der Waals surface area contributed by atoms with Crippen LogP contribution in [0.4, 0.5) is 10.2 Å². The van der Waals surface area contributed by atoms with Crippen molar-refractivity contribution in [2.75, 3.05) is 11.9 Å². The van der Waals surface area contributed by atoms with Gasteiger partial charge in [0.1, 0.15) is 11.5 Å². The number of nitrogens with zero attached hydrogens (tertiary/aromatic N) is 2. The molecular formula is C19H16FN3O3. The molecule has 3 aromatic rings. The van der Waals surface area contributed by atoms with E-state index in [1.165, 1.54) is 18.2 Å². The van der Waals surface area contributed by atoms with Crippen molar-refractivity contribution in [1.29, 1.82) is 0 Å². The summed E-state index contributed by atoms with van der Waals surface area (Å²) >= 11 is 0. The third-order valence-electron chi connectivity index (χ3n) is 3.54. The highest BCUT2D eigenvalue weighted by atomic mass is 19.1. The van der Waals surface area contributed by atoms with Gasteiger partial charge in [0.05, 0.1) is 6.61 Å². The van der Waals surface area contributed by atoms with Crippen molar-refractivity contribution >= 4 is 29.4 Å². The Morgan fingerprint density at radius 2 is 2.00 bits per heavy atom. The highest BCUT2D eigenvalue weighted by molar-refractivity contribution is 6.05. The molecule has 1 amide bonds. The average molecular weight is 353 g/mol. The first-order valence-corrected chi connectivity index (χ1v) is 7.97. The van der Waals surface area contributed by atoms with Crippen molar-refractivity contribution in [2.45, 2.75) is 6.92 Å². The summed E-state index contributed by atoms with van der Waals surface area (Å²) in [4.78, 5) is 28.6. The molecule has 1 aromatic carbocycles. The smallest absolute Gasteiger partial charge is 0.360 e. The van der Waals surface area contributed by atoms with E-state index in [1.807, 2.05) is 0 Å². The Hall–Kier alpha value is -3.48. The second-order valence-electron chi connectivity index (χ2n) is 5.33. The average Bonchev–Trinajstić information content (AvgIpc) is 3.00. The molecule has 2 heterocycles. The zero-order chi connectivity index (χ0) is 18.5. The number of anilines is 1. The quantitative estimate of drug-likeness (QED) is 0.564. The highest BCUT2D eigenvalue weighted by Gasteiger charge is 2.21. The lowest BCUT2D eigenvalue weighted by Crippen LogP contribution is -2.14. The van der Waals surface area contributed by atoms with E-state index in [1.54, 1.807) is 53.9 Å². The van der Waals surface area contributed by atoms with Crippen molar-refractivity contribution in [3.8, 4) is 0 Å². The molecule has 0 unspecified atom stereocenters. The van der Waals surface area contributed by atoms with Crippen LogP contribution in [-0.2, 0) is 9.53 Å². The number of benzene rings is 1. The molecule has 0 atom stereocenters. The van der Waals surface area contributed by atoms with Crippen LogP contribution < -0.4 is 5.32 Å². The minimum absolute atomic E-state index is 0.0292. The lowest BCUT2D eigenvalue weighted by molar-refractivity contribution is -0.111. The van der Waals surface area contributed by atoms with Gasteiger partial charge in [-0.15, -0.1) is 0 Å². The number of hydrogen-bond donors (Lipinski definition) is 1. The number of pyridine rings is 1. The summed E-state index contributed by atoms with van der Waals surface area (Å²) in [5.41, 5.74) is 1.21. The van der Waals surface area contributed by atoms with Crippen molar-refractivity contribution < 1.29 is 18.7 Å². The normalized spacial score (nSPS) is 11.0. The first-order valence-electron chi connectivity index (χ1n) is 7.97. The third kappa shape index (κ3) is 3.77. The van der Waals surface area contributed by atoms with E-state index in [4.69, 9.17) is 4.74 Å². The van der Waals surface area contributed by atoms with E-state index < -0.39 is 11.9 Å². The monoisotopic (exact) mass is 353 g/mol. The van der Waals surface area contributed by atoms with Gasteiger partial charge in [-0.3, -0.25) is 9.20 Å². The molecule has 132 valence electrons. The van der Waals surface area contributed by atoms with Crippen LogP contribution in [0.2, 0.25) is 0 Å². The topological polar surface area (TPSA) is 72.7 Å². The molecule has 1 N–H and O–H groups in total. The molecular weight excluding hydrogens is 337 g/mol. The SMILES string of the molecule is CCOC(=O)c1nc2ccccn2c1NC(=O)/C=C/c1ccc(F)cc1. The van der Waals surface area contributed by atoms with Gasteiger partial charge in [0.15, 0.2) is 11.5 Å². The van der Waals surface area contributed by atoms with Crippen LogP contribution in [0.3, 0.4) is 0 Å². The Balaban J connectivity index is 1.87. The molecule has 3 rings (SSSR count). The molecule has 0 aliphatic heterocycles. The minimum Gasteiger partial charge on any atom is -0.461 e. The third-order valence-corrected chi connectivity index (χ3v) is 3.54. The summed E-state index contributed by atoms with van der Waals surface area (Å²) in [6.45, 7) is 1.89. The second-order valence-corrected chi connectivity index (χ2v) is 5.33. The Bertz CT molecular complexity index is 977. The van der Waals surface area contributed by atoms with Gasteiger partial charge < -0.3 is 10.1 Å². The van der Waals surface area contributed by atoms with E-state index in [2.05, 4.69) is 10.3 Å². The molecule has 0 aliphatic rings. The van der Waals surface area contributed by atoms with E-state index in [9.17, 15) is 14.0 Å². The fourth-order valence-corrected chi connectivity index (χ4v) is 2.36. The second kappa shape index (κ2) is 7.60. The number of aromatic nitrogens is 2. The van der Waals surface area contributed by atoms with Gasteiger partial charge in [0, 0.05) is 12.3 Å². The minimum atomic E-state index is -0.617. The lowest BCUT2D eigenvalue weighted by atomic mass is 10.2. The molecule has 0 saturated carbocycles. The number of rotatable bonds is 5. The predicted octanol–water partition coefficient (Wildman–Crippen LogP) is 3.30. The van der Waals surface area contributed by atoms with Crippen molar-refractivity contribution in [1.82, 2.24) is 9.38 Å². The first-order chi connectivity index (χ1) is 12.6. The van der Waals surface area contributed by atoms with Gasteiger partial charge in [0.25, 0.3) is 0 Å². The number of carbonyl (C=O) groups is 2. The highest BCUT2D eigenvalue weighted by Crippen LogP contribution is 2.19. The number of fused-ring (bicyclic) bond motifs is 1. The van der Waals surface area contributed by atoms with E-state index in [-0.39, 0.29) is 23.9 Å². The van der Waals surface area contributed by atoms with Crippen LogP contribution in [0.25, 0.3) is 11.7 Å². The molecule has 2 aromatic heterocycles. The van der Waals surface area contributed by atoms with Gasteiger partial charge in [-0.1, -0.05) is 18.2 Å². The van der Waals surface area contributed by atoms with E-state index in [0.717, 1.165) is 0 Å². The van der Waals surface area contributed by atoms with Crippen molar-refractivity contribution in [3.05, 3.63) is 71.8 Å². The molecule has 7 heteroatoms. The zero-order valence-corrected chi connectivity index (χ0v) is 14.0. The van der Waals surface area contributed by atoms with Gasteiger partial charge in [-0.05, 0) is 42.8 Å². The summed E-state index contributed by atoms with van der Waals surface area (Å²) in [5.74, 6) is -1.19. The van der Waals surface area contributed by atoms with Crippen LogP contribution in [0.15, 0.2) is 54.7 Å². The van der Waals surface area contributed by atoms with Crippen molar-refractivity contribution in [2.24, 2.45) is 0 Å². The molecule has 26 heavy (non-hydrogen) atoms. The molecule has 0 bridgehead atoms. The Kier molecular flexibility index (Phi) is 5.07. The molecule has 0 spiro atoms. The van der Waals surface area contributed by atoms with Crippen LogP contribution in [0.1, 0.15) is 23.0 Å². The maximum absolute atomic E-state index is 12.9. The Morgan fingerprint density at radius 3 is 2.73 bits per heavy atom. The molecule has 0 radical (unpaired) electrons. The Morgan fingerprint density at radius 1 is 1.23 bits per heavy atom. The summed E-state index contributed by atoms with van der Waals surface area (Å²) < 4.78 is 19.5. The predicted molar refractivity (Wildman–Crippen MR) is 95.2 cm³/mol. The van der Waals surface area contributed by atoms with E-state index in [0.29, 0.717) is 11.2 Å². The van der Waals surface area contributed by atoms with Crippen LogP contribution in [-0.4, -0.2) is 27.9 Å². The zero-order valence-electron chi connectivity index (χ0n) is 14.0. The van der Waals surface area contributed by atoms with Gasteiger partial charge in [0.2, 0.25) is 5.91 Å². The number of imidazole rings is 1. The van der Waals surface area contributed by atoms with Gasteiger partial charge in [-0.2, -0.15) is 0 Å². The number of carbonyl (C=O) groups excluding carboxylic acids is 2. The lowest BCUT2D eigenvalue weighted by Gasteiger charge is -2.05. The fraction of sp³-hybridized carbons (Fsp3) is 0.105. The summed E-state index contributed by atoms with van der Waals surface area (Å²) in [5, 5.41) is 2.65. The van der Waals surface area contributed by atoms with Gasteiger partial charge >= 0.3 is 5.97 Å². The van der Waals surface area contributed by atoms with E-state index >= 15 is 0 Å². The molecule has 0 aliphatic carbocycles. The first kappa shape index (κ1) is 17.3. The van der Waals surface area contributed by atoms with Crippen LogP contribution in [0, 0.1) is 5.82 Å². The molecule has 0 saturated heterocycles. The largest absolute Gasteiger partial charge is 0.461 e.